The van der Waals surface area contributed by atoms with Gasteiger partial charge in [0.2, 0.25) is 5.91 Å². The molecule has 0 fully saturated rings. The van der Waals surface area contributed by atoms with Gasteiger partial charge in [0.25, 0.3) is 0 Å². The van der Waals surface area contributed by atoms with Crippen molar-refractivity contribution in [3.8, 4) is 0 Å². The highest BCUT2D eigenvalue weighted by atomic mass is 16.3. The molecule has 2 atom stereocenters. The van der Waals surface area contributed by atoms with E-state index in [1.165, 1.54) is 154 Å². The first-order valence-electron chi connectivity index (χ1n) is 31.9. The molecule has 428 valence electrons. The third-order valence-corrected chi connectivity index (χ3v) is 13.9. The van der Waals surface area contributed by atoms with Gasteiger partial charge in [-0.1, -0.05) is 321 Å². The van der Waals surface area contributed by atoms with Crippen LogP contribution >= 0.6 is 0 Å². The quantitative estimate of drug-likeness (QED) is 0.0420. The van der Waals surface area contributed by atoms with E-state index in [2.05, 4.69) is 153 Å². The molecule has 0 aromatic heterocycles. The number of unbranched alkanes of at least 4 members (excludes halogenated alkanes) is 28. The normalized spacial score (nSPS) is 13.7. The number of aliphatic hydroxyl groups is 2. The fourth-order valence-electron chi connectivity index (χ4n) is 9.13. The van der Waals surface area contributed by atoms with Crippen molar-refractivity contribution in [1.82, 2.24) is 5.32 Å². The SMILES string of the molecule is CC/C=C\C/C=C\C/C=C\C/C=C\C/C=C\C/C=C\C/C=C\C/C=C\C/C=C\C/C=C\C/C=C\CCCCCC(=O)NC(CO)C(O)CCCCCCCCCCCCCCCCCCCCCCCCCCCC. The maximum absolute atomic E-state index is 12.5. The van der Waals surface area contributed by atoms with Crippen LogP contribution in [0.2, 0.25) is 0 Å². The lowest BCUT2D eigenvalue weighted by atomic mass is 10.0. The van der Waals surface area contributed by atoms with Crippen LogP contribution in [0.15, 0.2) is 134 Å². The third kappa shape index (κ3) is 61.3. The Hall–Kier alpha value is -3.47. The minimum absolute atomic E-state index is 0.0653. The molecular weight excluding hydrogens is 915 g/mol. The van der Waals surface area contributed by atoms with Crippen LogP contribution in [0.4, 0.5) is 0 Å². The number of allylic oxidation sites excluding steroid dienone is 22. The molecule has 0 bridgehead atoms. The van der Waals surface area contributed by atoms with Gasteiger partial charge < -0.3 is 15.5 Å². The Labute approximate surface area is 466 Å². The average molecular weight is 1040 g/mol. The Kier molecular flexibility index (Phi) is 61.8. The standard InChI is InChI=1S/C71H121NO3/c1-3-5-7-9-11-13-15-17-19-21-23-25-27-29-31-32-33-34-35-36-37-38-39-40-41-43-45-47-49-51-53-55-57-59-61-63-65-67-71(75)72-69(68-73)70(74)66-64-62-60-58-56-54-52-50-48-46-44-42-30-28-26-24-22-20-18-16-14-12-10-8-6-4-2/h5,7,11,13,17,19,23,25,29,31,33-34,36-37,39-40,43,45,49,51,55,57,69-70,73-74H,3-4,6,8-10,12,14-16,18,20-22,24,26-28,30,32,35,38,41-42,44,46-48,50,52-54,56,58-68H2,1-2H3,(H,72,75)/b7-5-,13-11-,19-17-,25-23-,31-29-,34-33-,37-36-,40-39-,45-43-,51-49-,57-55-. The van der Waals surface area contributed by atoms with Crippen molar-refractivity contribution in [3.05, 3.63) is 134 Å². The van der Waals surface area contributed by atoms with Crippen LogP contribution in [0.1, 0.15) is 290 Å². The Morgan fingerprint density at radius 2 is 0.587 bits per heavy atom. The van der Waals surface area contributed by atoms with Crippen molar-refractivity contribution in [3.63, 3.8) is 0 Å². The Balaban J connectivity index is 3.62. The fourth-order valence-corrected chi connectivity index (χ4v) is 9.13. The van der Waals surface area contributed by atoms with E-state index < -0.39 is 12.1 Å². The van der Waals surface area contributed by atoms with Gasteiger partial charge in [-0.25, -0.2) is 0 Å². The average Bonchev–Trinajstić information content (AvgIpc) is 3.41. The first-order chi connectivity index (χ1) is 37.2. The van der Waals surface area contributed by atoms with Crippen LogP contribution in [-0.2, 0) is 4.79 Å². The van der Waals surface area contributed by atoms with E-state index in [1.807, 2.05) is 0 Å². The van der Waals surface area contributed by atoms with Crippen LogP contribution in [0.25, 0.3) is 0 Å². The lowest BCUT2D eigenvalue weighted by Gasteiger charge is -2.22. The van der Waals surface area contributed by atoms with E-state index in [1.54, 1.807) is 0 Å². The van der Waals surface area contributed by atoms with E-state index in [4.69, 9.17) is 0 Å². The van der Waals surface area contributed by atoms with Gasteiger partial charge in [0, 0.05) is 6.42 Å². The number of carbonyl (C=O) groups is 1. The maximum atomic E-state index is 12.5. The predicted octanol–water partition coefficient (Wildman–Crippen LogP) is 21.8. The minimum Gasteiger partial charge on any atom is -0.394 e. The highest BCUT2D eigenvalue weighted by molar-refractivity contribution is 5.76. The summed E-state index contributed by atoms with van der Waals surface area (Å²) in [7, 11) is 0. The van der Waals surface area contributed by atoms with Gasteiger partial charge in [0.1, 0.15) is 0 Å². The van der Waals surface area contributed by atoms with Crippen molar-refractivity contribution in [2.24, 2.45) is 0 Å². The van der Waals surface area contributed by atoms with Crippen LogP contribution in [-0.4, -0.2) is 34.9 Å². The largest absolute Gasteiger partial charge is 0.394 e. The number of hydrogen-bond acceptors (Lipinski definition) is 3. The molecule has 4 heteroatoms. The molecule has 3 N–H and O–H groups in total. The zero-order valence-electron chi connectivity index (χ0n) is 49.3. The predicted molar refractivity (Wildman–Crippen MR) is 335 cm³/mol. The van der Waals surface area contributed by atoms with Gasteiger partial charge in [-0.05, 0) is 96.3 Å². The molecule has 2 unspecified atom stereocenters. The van der Waals surface area contributed by atoms with E-state index >= 15 is 0 Å². The topological polar surface area (TPSA) is 69.6 Å². The summed E-state index contributed by atoms with van der Waals surface area (Å²) in [4.78, 5) is 12.5. The Morgan fingerprint density at radius 3 is 0.867 bits per heavy atom. The monoisotopic (exact) mass is 1040 g/mol. The summed E-state index contributed by atoms with van der Waals surface area (Å²) in [6.45, 7) is 4.25. The summed E-state index contributed by atoms with van der Waals surface area (Å²) in [5.41, 5.74) is 0. The molecular formula is C71H121NO3. The summed E-state index contributed by atoms with van der Waals surface area (Å²) in [5.74, 6) is -0.0653. The van der Waals surface area contributed by atoms with Gasteiger partial charge in [-0.2, -0.15) is 0 Å². The van der Waals surface area contributed by atoms with Crippen molar-refractivity contribution in [1.29, 1.82) is 0 Å². The van der Waals surface area contributed by atoms with Gasteiger partial charge in [-0.3, -0.25) is 4.79 Å². The van der Waals surface area contributed by atoms with Gasteiger partial charge in [0.05, 0.1) is 18.8 Å². The van der Waals surface area contributed by atoms with E-state index in [0.29, 0.717) is 12.8 Å². The van der Waals surface area contributed by atoms with E-state index in [9.17, 15) is 15.0 Å². The number of carbonyl (C=O) groups excluding carboxylic acids is 1. The number of nitrogens with one attached hydrogen (secondary N) is 1. The smallest absolute Gasteiger partial charge is 0.220 e. The number of hydrogen-bond donors (Lipinski definition) is 3. The van der Waals surface area contributed by atoms with Crippen molar-refractivity contribution in [2.45, 2.75) is 302 Å². The number of rotatable bonds is 57. The lowest BCUT2D eigenvalue weighted by molar-refractivity contribution is -0.123. The van der Waals surface area contributed by atoms with Crippen LogP contribution in [0.5, 0.6) is 0 Å². The van der Waals surface area contributed by atoms with E-state index in [-0.39, 0.29) is 12.5 Å². The number of aliphatic hydroxyl groups excluding tert-OH is 2. The number of amides is 1. The molecule has 0 aliphatic heterocycles. The first-order valence-corrected chi connectivity index (χ1v) is 31.9. The molecule has 0 aromatic rings. The van der Waals surface area contributed by atoms with Crippen LogP contribution in [0, 0.1) is 0 Å². The zero-order valence-corrected chi connectivity index (χ0v) is 49.3. The zero-order chi connectivity index (χ0) is 54.1. The Morgan fingerprint density at radius 1 is 0.333 bits per heavy atom. The molecule has 0 rings (SSSR count). The summed E-state index contributed by atoms with van der Waals surface area (Å²) < 4.78 is 0. The van der Waals surface area contributed by atoms with Crippen molar-refractivity contribution < 1.29 is 15.0 Å². The van der Waals surface area contributed by atoms with Gasteiger partial charge in [0.15, 0.2) is 0 Å². The Bertz CT molecular complexity index is 1500. The maximum Gasteiger partial charge on any atom is 0.220 e. The molecule has 0 aliphatic rings. The fraction of sp³-hybridized carbons (Fsp3) is 0.676. The molecule has 0 aromatic carbocycles. The molecule has 0 heterocycles. The molecule has 0 saturated heterocycles. The van der Waals surface area contributed by atoms with Gasteiger partial charge >= 0.3 is 0 Å². The molecule has 4 nitrogen and oxygen atoms in total. The summed E-state index contributed by atoms with van der Waals surface area (Å²) >= 11 is 0. The second-order valence-corrected chi connectivity index (χ2v) is 21.1. The summed E-state index contributed by atoms with van der Waals surface area (Å²) in [6.07, 6.45) is 100. The lowest BCUT2D eigenvalue weighted by Crippen LogP contribution is -2.45. The molecule has 1 amide bonds. The highest BCUT2D eigenvalue weighted by Gasteiger charge is 2.20. The molecule has 75 heavy (non-hydrogen) atoms. The minimum atomic E-state index is -0.685. The summed E-state index contributed by atoms with van der Waals surface area (Å²) in [6, 6.07) is -0.566. The first kappa shape index (κ1) is 71.5. The molecule has 0 spiro atoms. The molecule has 0 saturated carbocycles. The third-order valence-electron chi connectivity index (χ3n) is 13.9. The van der Waals surface area contributed by atoms with Crippen molar-refractivity contribution >= 4 is 5.91 Å². The second kappa shape index (κ2) is 64.8. The second-order valence-electron chi connectivity index (χ2n) is 21.1. The van der Waals surface area contributed by atoms with Crippen LogP contribution in [0.3, 0.4) is 0 Å². The highest BCUT2D eigenvalue weighted by Crippen LogP contribution is 2.17. The van der Waals surface area contributed by atoms with E-state index in [0.717, 1.165) is 109 Å². The van der Waals surface area contributed by atoms with Crippen LogP contribution < -0.4 is 5.32 Å². The van der Waals surface area contributed by atoms with Gasteiger partial charge in [-0.15, -0.1) is 0 Å². The molecule has 0 aliphatic carbocycles. The van der Waals surface area contributed by atoms with Crippen molar-refractivity contribution in [2.75, 3.05) is 6.61 Å². The summed E-state index contributed by atoms with van der Waals surface area (Å²) in [5, 5.41) is 23.4. The molecule has 0 radical (unpaired) electrons.